The van der Waals surface area contributed by atoms with Gasteiger partial charge in [0.05, 0.1) is 18.3 Å². The van der Waals surface area contributed by atoms with E-state index < -0.39 is 5.82 Å². The van der Waals surface area contributed by atoms with Crippen molar-refractivity contribution in [1.82, 2.24) is 0 Å². The van der Waals surface area contributed by atoms with Crippen LogP contribution in [0.4, 0.5) is 10.1 Å². The lowest BCUT2D eigenvalue weighted by Gasteiger charge is -2.18. The molecule has 4 heteroatoms. The first kappa shape index (κ1) is 13.1. The van der Waals surface area contributed by atoms with Crippen LogP contribution < -0.4 is 5.32 Å². The van der Waals surface area contributed by atoms with Gasteiger partial charge in [0.2, 0.25) is 0 Å². The van der Waals surface area contributed by atoms with Crippen molar-refractivity contribution in [2.24, 2.45) is 0 Å². The van der Waals surface area contributed by atoms with Gasteiger partial charge in [-0.15, -0.1) is 0 Å². The lowest BCUT2D eigenvalue weighted by molar-refractivity contribution is 0.276. The number of nitriles is 1. The predicted molar refractivity (Wildman–Crippen MR) is 71.0 cm³/mol. The average molecular weight is 256 g/mol. The molecule has 0 spiro atoms. The second kappa shape index (κ2) is 5.98. The molecule has 2 aromatic carbocycles. The van der Waals surface area contributed by atoms with Gasteiger partial charge in [-0.2, -0.15) is 5.26 Å². The molecule has 0 saturated heterocycles. The van der Waals surface area contributed by atoms with Gasteiger partial charge in [-0.3, -0.25) is 0 Å². The van der Waals surface area contributed by atoms with E-state index in [1.807, 2.05) is 36.4 Å². The SMILES string of the molecule is N#Cc1c(F)cccc1NC(CO)c1ccccc1. The molecular formula is C15H13FN2O. The zero-order chi connectivity index (χ0) is 13.7. The van der Waals surface area contributed by atoms with Crippen LogP contribution in [0, 0.1) is 17.1 Å². The van der Waals surface area contributed by atoms with Crippen molar-refractivity contribution < 1.29 is 9.50 Å². The Labute approximate surface area is 110 Å². The minimum Gasteiger partial charge on any atom is -0.394 e. The van der Waals surface area contributed by atoms with E-state index in [4.69, 9.17) is 5.26 Å². The van der Waals surface area contributed by atoms with Crippen molar-refractivity contribution in [3.8, 4) is 6.07 Å². The fourth-order valence-corrected chi connectivity index (χ4v) is 1.87. The molecule has 0 fully saturated rings. The first-order valence-electron chi connectivity index (χ1n) is 5.87. The third-order valence-corrected chi connectivity index (χ3v) is 2.84. The monoisotopic (exact) mass is 256 g/mol. The van der Waals surface area contributed by atoms with Crippen LogP contribution in [0.2, 0.25) is 0 Å². The molecule has 0 aromatic heterocycles. The summed E-state index contributed by atoms with van der Waals surface area (Å²) in [6.07, 6.45) is 0. The number of nitrogens with one attached hydrogen (secondary N) is 1. The first-order chi connectivity index (χ1) is 9.26. The average Bonchev–Trinajstić information content (AvgIpc) is 2.46. The van der Waals surface area contributed by atoms with Crippen LogP contribution >= 0.6 is 0 Å². The second-order valence-corrected chi connectivity index (χ2v) is 4.06. The third kappa shape index (κ3) is 2.90. The fraction of sp³-hybridized carbons (Fsp3) is 0.133. The number of halogens is 1. The molecule has 19 heavy (non-hydrogen) atoms. The number of rotatable bonds is 4. The van der Waals surface area contributed by atoms with Gasteiger partial charge in [-0.25, -0.2) is 4.39 Å². The van der Waals surface area contributed by atoms with Gasteiger partial charge in [0, 0.05) is 0 Å². The molecule has 3 nitrogen and oxygen atoms in total. The van der Waals surface area contributed by atoms with E-state index in [0.717, 1.165) is 5.56 Å². The van der Waals surface area contributed by atoms with Crippen molar-refractivity contribution in [3.05, 3.63) is 65.5 Å². The number of hydrogen-bond acceptors (Lipinski definition) is 3. The highest BCUT2D eigenvalue weighted by atomic mass is 19.1. The van der Waals surface area contributed by atoms with Crippen LogP contribution in [-0.2, 0) is 0 Å². The highest BCUT2D eigenvalue weighted by Crippen LogP contribution is 2.23. The van der Waals surface area contributed by atoms with Crippen molar-refractivity contribution in [1.29, 1.82) is 5.26 Å². The van der Waals surface area contributed by atoms with E-state index in [-0.39, 0.29) is 18.2 Å². The maximum atomic E-state index is 13.5. The molecule has 0 aliphatic heterocycles. The molecule has 96 valence electrons. The van der Waals surface area contributed by atoms with E-state index >= 15 is 0 Å². The van der Waals surface area contributed by atoms with Crippen molar-refractivity contribution in [2.75, 3.05) is 11.9 Å². The summed E-state index contributed by atoms with van der Waals surface area (Å²) in [6, 6.07) is 15.1. The zero-order valence-electron chi connectivity index (χ0n) is 10.2. The Morgan fingerprint density at radius 3 is 2.53 bits per heavy atom. The number of anilines is 1. The second-order valence-electron chi connectivity index (χ2n) is 4.06. The van der Waals surface area contributed by atoms with Crippen LogP contribution in [-0.4, -0.2) is 11.7 Å². The van der Waals surface area contributed by atoms with Crippen molar-refractivity contribution in [3.63, 3.8) is 0 Å². The molecule has 0 amide bonds. The van der Waals surface area contributed by atoms with E-state index in [0.29, 0.717) is 5.69 Å². The Morgan fingerprint density at radius 2 is 1.89 bits per heavy atom. The number of aliphatic hydroxyl groups is 1. The largest absolute Gasteiger partial charge is 0.394 e. The molecule has 2 aromatic rings. The van der Waals surface area contributed by atoms with E-state index in [1.54, 1.807) is 6.07 Å². The Bertz CT molecular complexity index is 593. The molecule has 2 N–H and O–H groups in total. The maximum Gasteiger partial charge on any atom is 0.143 e. The number of nitrogens with zero attached hydrogens (tertiary/aromatic N) is 1. The van der Waals surface area contributed by atoms with Crippen LogP contribution in [0.3, 0.4) is 0 Å². The molecule has 0 radical (unpaired) electrons. The lowest BCUT2D eigenvalue weighted by Crippen LogP contribution is -2.15. The predicted octanol–water partition coefficient (Wildman–Crippen LogP) is 2.84. The van der Waals surface area contributed by atoms with Crippen molar-refractivity contribution >= 4 is 5.69 Å². The topological polar surface area (TPSA) is 56.0 Å². The first-order valence-corrected chi connectivity index (χ1v) is 5.87. The number of hydrogen-bond donors (Lipinski definition) is 2. The summed E-state index contributed by atoms with van der Waals surface area (Å²) in [5.74, 6) is -0.572. The smallest absolute Gasteiger partial charge is 0.143 e. The van der Waals surface area contributed by atoms with Gasteiger partial charge in [0.15, 0.2) is 0 Å². The highest BCUT2D eigenvalue weighted by Gasteiger charge is 2.13. The molecule has 2 rings (SSSR count). The fourth-order valence-electron chi connectivity index (χ4n) is 1.87. The van der Waals surface area contributed by atoms with Crippen LogP contribution in [0.1, 0.15) is 17.2 Å². The zero-order valence-corrected chi connectivity index (χ0v) is 10.2. The van der Waals surface area contributed by atoms with Crippen LogP contribution in [0.15, 0.2) is 48.5 Å². The summed E-state index contributed by atoms with van der Waals surface area (Å²) in [5.41, 5.74) is 1.21. The van der Waals surface area contributed by atoms with Gasteiger partial charge < -0.3 is 10.4 Å². The lowest BCUT2D eigenvalue weighted by atomic mass is 10.1. The summed E-state index contributed by atoms with van der Waals surface area (Å²) in [7, 11) is 0. The molecule has 1 atom stereocenters. The Hall–Kier alpha value is -2.38. The summed E-state index contributed by atoms with van der Waals surface area (Å²) in [4.78, 5) is 0. The van der Waals surface area contributed by atoms with Crippen molar-refractivity contribution in [2.45, 2.75) is 6.04 Å². The molecule has 0 aliphatic rings. The molecular weight excluding hydrogens is 243 g/mol. The Kier molecular flexibility index (Phi) is 4.11. The summed E-state index contributed by atoms with van der Waals surface area (Å²) in [6.45, 7) is -0.147. The number of aliphatic hydroxyl groups excluding tert-OH is 1. The van der Waals surface area contributed by atoms with Gasteiger partial charge in [0.25, 0.3) is 0 Å². The van der Waals surface area contributed by atoms with Crippen LogP contribution in [0.5, 0.6) is 0 Å². The Morgan fingerprint density at radius 1 is 1.16 bits per heavy atom. The summed E-state index contributed by atoms with van der Waals surface area (Å²) < 4.78 is 13.5. The third-order valence-electron chi connectivity index (χ3n) is 2.84. The molecule has 0 heterocycles. The van der Waals surface area contributed by atoms with E-state index in [1.165, 1.54) is 12.1 Å². The van der Waals surface area contributed by atoms with E-state index in [9.17, 15) is 9.50 Å². The van der Waals surface area contributed by atoms with Gasteiger partial charge >= 0.3 is 0 Å². The van der Waals surface area contributed by atoms with Crippen LogP contribution in [0.25, 0.3) is 0 Å². The van der Waals surface area contributed by atoms with Gasteiger partial charge in [-0.05, 0) is 17.7 Å². The van der Waals surface area contributed by atoms with Gasteiger partial charge in [0.1, 0.15) is 17.4 Å². The summed E-state index contributed by atoms with van der Waals surface area (Å²) >= 11 is 0. The normalized spacial score (nSPS) is 11.6. The molecule has 0 bridgehead atoms. The van der Waals surface area contributed by atoms with E-state index in [2.05, 4.69) is 5.32 Å². The number of benzene rings is 2. The minimum atomic E-state index is -0.572. The molecule has 0 aliphatic carbocycles. The highest BCUT2D eigenvalue weighted by molar-refractivity contribution is 5.59. The Balaban J connectivity index is 2.30. The molecule has 0 saturated carbocycles. The standard InChI is InChI=1S/C15H13FN2O/c16-13-7-4-8-14(12(13)9-17)18-15(10-19)11-5-2-1-3-6-11/h1-8,15,18-19H,10H2. The van der Waals surface area contributed by atoms with Gasteiger partial charge in [-0.1, -0.05) is 36.4 Å². The summed E-state index contributed by atoms with van der Waals surface area (Å²) in [5, 5.41) is 21.4. The maximum absolute atomic E-state index is 13.5. The minimum absolute atomic E-state index is 0.0446. The molecule has 1 unspecified atom stereocenters. The quantitative estimate of drug-likeness (QED) is 0.884.